The zero-order chi connectivity index (χ0) is 13.7. The van der Waals surface area contributed by atoms with Crippen molar-refractivity contribution in [2.24, 2.45) is 0 Å². The van der Waals surface area contributed by atoms with E-state index in [2.05, 4.69) is 25.6 Å². The molecule has 0 spiro atoms. The van der Waals surface area contributed by atoms with E-state index in [4.69, 9.17) is 0 Å². The Labute approximate surface area is 109 Å². The molecule has 0 aliphatic heterocycles. The van der Waals surface area contributed by atoms with Crippen LogP contribution in [0.1, 0.15) is 17.4 Å². The number of rotatable bonds is 4. The van der Waals surface area contributed by atoms with Crippen LogP contribution >= 0.6 is 0 Å². The number of hydrogen-bond donors (Lipinski definition) is 2. The van der Waals surface area contributed by atoms with E-state index in [1.54, 1.807) is 18.3 Å². The van der Waals surface area contributed by atoms with Crippen LogP contribution in [0, 0.1) is 0 Å². The summed E-state index contributed by atoms with van der Waals surface area (Å²) in [6, 6.07) is 3.35. The zero-order valence-electron chi connectivity index (χ0n) is 10.4. The Balaban J connectivity index is 1.99. The van der Waals surface area contributed by atoms with Crippen LogP contribution in [0.15, 0.2) is 24.7 Å². The molecular weight excluding hydrogens is 246 g/mol. The molecule has 0 saturated carbocycles. The van der Waals surface area contributed by atoms with Crippen LogP contribution in [0.25, 0.3) is 11.0 Å². The third-order valence-electron chi connectivity index (χ3n) is 2.38. The topological polar surface area (TPSA) is 96.9 Å². The van der Waals surface area contributed by atoms with Crippen LogP contribution in [-0.2, 0) is 4.79 Å². The largest absolute Gasteiger partial charge is 0.355 e. The first-order chi connectivity index (χ1) is 9.16. The molecule has 0 aliphatic carbocycles. The van der Waals surface area contributed by atoms with Crippen molar-refractivity contribution in [2.45, 2.75) is 6.92 Å². The van der Waals surface area contributed by atoms with Crippen molar-refractivity contribution >= 4 is 22.8 Å². The van der Waals surface area contributed by atoms with Gasteiger partial charge < -0.3 is 10.6 Å². The summed E-state index contributed by atoms with van der Waals surface area (Å²) in [6.45, 7) is 2.16. The van der Waals surface area contributed by atoms with Gasteiger partial charge in [0.05, 0.1) is 0 Å². The van der Waals surface area contributed by atoms with Gasteiger partial charge in [-0.1, -0.05) is 0 Å². The number of carbonyl (C=O) groups excluding carboxylic acids is 2. The second-order valence-electron chi connectivity index (χ2n) is 3.87. The second-order valence-corrected chi connectivity index (χ2v) is 3.87. The Morgan fingerprint density at radius 3 is 2.79 bits per heavy atom. The zero-order valence-corrected chi connectivity index (χ0v) is 10.4. The lowest BCUT2D eigenvalue weighted by Crippen LogP contribution is -2.34. The molecule has 7 nitrogen and oxygen atoms in total. The first kappa shape index (κ1) is 12.9. The van der Waals surface area contributed by atoms with E-state index >= 15 is 0 Å². The number of nitrogens with one attached hydrogen (secondary N) is 2. The molecule has 0 saturated heterocycles. The van der Waals surface area contributed by atoms with Gasteiger partial charge in [0, 0.05) is 31.6 Å². The monoisotopic (exact) mass is 259 g/mol. The molecule has 98 valence electrons. The van der Waals surface area contributed by atoms with Gasteiger partial charge in [0.2, 0.25) is 5.91 Å². The van der Waals surface area contributed by atoms with Gasteiger partial charge in [0.15, 0.2) is 5.65 Å². The molecule has 2 aromatic rings. The lowest BCUT2D eigenvalue weighted by atomic mass is 10.3. The molecule has 0 fully saturated rings. The quantitative estimate of drug-likeness (QED) is 0.747. The second kappa shape index (κ2) is 5.85. The fourth-order valence-corrected chi connectivity index (χ4v) is 1.50. The molecule has 0 atom stereocenters. The minimum Gasteiger partial charge on any atom is -0.355 e. The number of nitrogens with zero attached hydrogens (tertiary/aromatic N) is 3. The first-order valence-corrected chi connectivity index (χ1v) is 5.76. The average molecular weight is 259 g/mol. The number of aromatic nitrogens is 3. The molecule has 19 heavy (non-hydrogen) atoms. The van der Waals surface area contributed by atoms with Gasteiger partial charge in [-0.15, -0.1) is 0 Å². The Morgan fingerprint density at radius 2 is 2.00 bits per heavy atom. The highest BCUT2D eigenvalue weighted by Crippen LogP contribution is 2.07. The molecule has 0 radical (unpaired) electrons. The number of amides is 2. The van der Waals surface area contributed by atoms with Crippen molar-refractivity contribution in [3.8, 4) is 0 Å². The van der Waals surface area contributed by atoms with Crippen LogP contribution in [0.5, 0.6) is 0 Å². The fourth-order valence-electron chi connectivity index (χ4n) is 1.50. The highest BCUT2D eigenvalue weighted by atomic mass is 16.2. The third kappa shape index (κ3) is 3.44. The predicted octanol–water partition coefficient (Wildman–Crippen LogP) is -0.109. The number of carbonyl (C=O) groups is 2. The molecule has 0 bridgehead atoms. The van der Waals surface area contributed by atoms with Gasteiger partial charge in [0.1, 0.15) is 12.0 Å². The maximum Gasteiger partial charge on any atom is 0.270 e. The molecule has 0 unspecified atom stereocenters. The standard InChI is InChI=1S/C12H13N5O2/c1-8(18)14-4-5-15-12(19)10-3-2-9-6-13-7-16-11(9)17-10/h2-3,6-7H,4-5H2,1H3,(H,14,18)(H,15,19). The summed E-state index contributed by atoms with van der Waals surface area (Å²) in [5.74, 6) is -0.430. The number of fused-ring (bicyclic) bond motifs is 1. The van der Waals surface area contributed by atoms with Gasteiger partial charge in [-0.3, -0.25) is 9.59 Å². The Bertz CT molecular complexity index is 614. The van der Waals surface area contributed by atoms with Crippen molar-refractivity contribution in [3.63, 3.8) is 0 Å². The van der Waals surface area contributed by atoms with Crippen LogP contribution < -0.4 is 10.6 Å². The van der Waals surface area contributed by atoms with Crippen LogP contribution in [0.2, 0.25) is 0 Å². The van der Waals surface area contributed by atoms with Gasteiger partial charge in [-0.2, -0.15) is 0 Å². The van der Waals surface area contributed by atoms with Crippen LogP contribution in [-0.4, -0.2) is 39.9 Å². The van der Waals surface area contributed by atoms with Crippen molar-refractivity contribution in [3.05, 3.63) is 30.4 Å². The van der Waals surface area contributed by atoms with E-state index in [0.29, 0.717) is 18.7 Å². The van der Waals surface area contributed by atoms with E-state index in [1.807, 2.05) is 0 Å². The molecular formula is C12H13N5O2. The summed E-state index contributed by atoms with van der Waals surface area (Å²) in [4.78, 5) is 34.5. The van der Waals surface area contributed by atoms with Crippen molar-refractivity contribution < 1.29 is 9.59 Å². The minimum atomic E-state index is -0.300. The van der Waals surface area contributed by atoms with Crippen molar-refractivity contribution in [2.75, 3.05) is 13.1 Å². The van der Waals surface area contributed by atoms with Gasteiger partial charge in [0.25, 0.3) is 5.91 Å². The summed E-state index contributed by atoms with van der Waals surface area (Å²) in [5.41, 5.74) is 0.763. The van der Waals surface area contributed by atoms with Gasteiger partial charge in [-0.05, 0) is 12.1 Å². The maximum absolute atomic E-state index is 11.8. The predicted molar refractivity (Wildman–Crippen MR) is 68.3 cm³/mol. The first-order valence-electron chi connectivity index (χ1n) is 5.76. The molecule has 0 aliphatic rings. The summed E-state index contributed by atoms with van der Waals surface area (Å²) < 4.78 is 0. The van der Waals surface area contributed by atoms with Crippen LogP contribution in [0.4, 0.5) is 0 Å². The highest BCUT2D eigenvalue weighted by molar-refractivity contribution is 5.94. The summed E-state index contributed by atoms with van der Waals surface area (Å²) in [5, 5.41) is 6.02. The summed E-state index contributed by atoms with van der Waals surface area (Å²) in [7, 11) is 0. The summed E-state index contributed by atoms with van der Waals surface area (Å²) >= 11 is 0. The minimum absolute atomic E-state index is 0.130. The normalized spacial score (nSPS) is 10.2. The fraction of sp³-hybridized carbons (Fsp3) is 0.250. The Hall–Kier alpha value is -2.57. The van der Waals surface area contributed by atoms with Gasteiger partial charge >= 0.3 is 0 Å². The number of pyridine rings is 1. The summed E-state index contributed by atoms with van der Waals surface area (Å²) in [6.07, 6.45) is 3.02. The van der Waals surface area contributed by atoms with Crippen LogP contribution in [0.3, 0.4) is 0 Å². The maximum atomic E-state index is 11.8. The van der Waals surface area contributed by atoms with E-state index in [1.165, 1.54) is 13.3 Å². The SMILES string of the molecule is CC(=O)NCCNC(=O)c1ccc2cncnc2n1. The molecule has 2 N–H and O–H groups in total. The lowest BCUT2D eigenvalue weighted by molar-refractivity contribution is -0.118. The Morgan fingerprint density at radius 1 is 1.21 bits per heavy atom. The molecule has 7 heteroatoms. The van der Waals surface area contributed by atoms with E-state index in [0.717, 1.165) is 5.39 Å². The van der Waals surface area contributed by atoms with E-state index < -0.39 is 0 Å². The molecule has 0 aromatic carbocycles. The third-order valence-corrected chi connectivity index (χ3v) is 2.38. The van der Waals surface area contributed by atoms with E-state index in [-0.39, 0.29) is 17.5 Å². The smallest absolute Gasteiger partial charge is 0.270 e. The highest BCUT2D eigenvalue weighted by Gasteiger charge is 2.07. The number of hydrogen-bond acceptors (Lipinski definition) is 5. The van der Waals surface area contributed by atoms with Crippen molar-refractivity contribution in [1.29, 1.82) is 0 Å². The average Bonchev–Trinajstić information content (AvgIpc) is 2.42. The molecule has 2 aromatic heterocycles. The molecule has 2 heterocycles. The Kier molecular flexibility index (Phi) is 3.97. The van der Waals surface area contributed by atoms with Crippen molar-refractivity contribution in [1.82, 2.24) is 25.6 Å². The van der Waals surface area contributed by atoms with Gasteiger partial charge in [-0.25, -0.2) is 15.0 Å². The lowest BCUT2D eigenvalue weighted by Gasteiger charge is -2.05. The van der Waals surface area contributed by atoms with E-state index in [9.17, 15) is 9.59 Å². The molecule has 2 rings (SSSR count). The molecule has 2 amide bonds.